The average molecular weight is 371 g/mol. The molecule has 0 aliphatic rings. The zero-order valence-electron chi connectivity index (χ0n) is 14.0. The molecule has 8 heteroatoms. The lowest BCUT2D eigenvalue weighted by atomic mass is 10.2. The highest BCUT2D eigenvalue weighted by atomic mass is 32.2. The Bertz CT molecular complexity index is 867. The number of aromatic amines is 1. The summed E-state index contributed by atoms with van der Waals surface area (Å²) < 4.78 is 11.2. The molecule has 7 nitrogen and oxygen atoms in total. The van der Waals surface area contributed by atoms with Crippen LogP contribution in [0.1, 0.15) is 0 Å². The molecule has 0 spiro atoms. The van der Waals surface area contributed by atoms with E-state index in [-0.39, 0.29) is 5.69 Å². The van der Waals surface area contributed by atoms with Gasteiger partial charge in [0.2, 0.25) is 0 Å². The van der Waals surface area contributed by atoms with Crippen molar-refractivity contribution in [3.63, 3.8) is 0 Å². The van der Waals surface area contributed by atoms with Crippen LogP contribution in [0.5, 0.6) is 11.5 Å². The third-order valence-electron chi connectivity index (χ3n) is 3.60. The number of nitrogens with zero attached hydrogens (tertiary/aromatic N) is 2. The standard InChI is InChI=1S/C18H17N3O4S/c1-24-14-4-7-16(18-19-8-9-20-18)17(12-14)25-10-11-26-15-5-2-13(3-6-15)21(22)23/h2-9,12H,10-11H2,1H3,(H,19,20). The van der Waals surface area contributed by atoms with Crippen molar-refractivity contribution in [1.29, 1.82) is 0 Å². The van der Waals surface area contributed by atoms with Crippen LogP contribution in [0.15, 0.2) is 59.8 Å². The van der Waals surface area contributed by atoms with E-state index >= 15 is 0 Å². The summed E-state index contributed by atoms with van der Waals surface area (Å²) in [6.07, 6.45) is 3.45. The number of nitrogens with one attached hydrogen (secondary N) is 1. The maximum Gasteiger partial charge on any atom is 0.269 e. The van der Waals surface area contributed by atoms with E-state index in [2.05, 4.69) is 9.97 Å². The van der Waals surface area contributed by atoms with Crippen LogP contribution in [-0.4, -0.2) is 34.4 Å². The molecule has 0 unspecified atom stereocenters. The fourth-order valence-corrected chi connectivity index (χ4v) is 3.06. The molecular formula is C18H17N3O4S. The first-order valence-electron chi connectivity index (χ1n) is 7.85. The second-order valence-corrected chi connectivity index (χ2v) is 6.42. The normalized spacial score (nSPS) is 10.5. The predicted molar refractivity (Wildman–Crippen MR) is 99.9 cm³/mol. The third kappa shape index (κ3) is 4.34. The molecule has 134 valence electrons. The van der Waals surface area contributed by atoms with Gasteiger partial charge in [0.25, 0.3) is 5.69 Å². The molecule has 0 saturated carbocycles. The fourth-order valence-electron chi connectivity index (χ4n) is 2.33. The van der Waals surface area contributed by atoms with Crippen LogP contribution in [0.4, 0.5) is 5.69 Å². The third-order valence-corrected chi connectivity index (χ3v) is 4.58. The fraction of sp³-hybridized carbons (Fsp3) is 0.167. The number of hydrogen-bond donors (Lipinski definition) is 1. The number of methoxy groups -OCH3 is 1. The molecule has 0 bridgehead atoms. The Kier molecular flexibility index (Phi) is 5.75. The van der Waals surface area contributed by atoms with Gasteiger partial charge in [-0.25, -0.2) is 4.98 Å². The van der Waals surface area contributed by atoms with Gasteiger partial charge in [-0.05, 0) is 24.3 Å². The number of ether oxygens (including phenoxy) is 2. The highest BCUT2D eigenvalue weighted by molar-refractivity contribution is 7.99. The molecule has 0 fully saturated rings. The lowest BCUT2D eigenvalue weighted by Gasteiger charge is -2.12. The number of aromatic nitrogens is 2. The van der Waals surface area contributed by atoms with Crippen LogP contribution in [0.3, 0.4) is 0 Å². The Hall–Kier alpha value is -3.00. The van der Waals surface area contributed by atoms with E-state index < -0.39 is 4.92 Å². The van der Waals surface area contributed by atoms with Crippen molar-refractivity contribution in [2.75, 3.05) is 19.5 Å². The first-order valence-corrected chi connectivity index (χ1v) is 8.84. The lowest BCUT2D eigenvalue weighted by Crippen LogP contribution is -2.02. The Morgan fingerprint density at radius 3 is 2.69 bits per heavy atom. The molecule has 26 heavy (non-hydrogen) atoms. The highest BCUT2D eigenvalue weighted by Gasteiger charge is 2.10. The van der Waals surface area contributed by atoms with E-state index in [0.29, 0.717) is 23.9 Å². The van der Waals surface area contributed by atoms with Crippen molar-refractivity contribution in [3.8, 4) is 22.9 Å². The molecule has 0 radical (unpaired) electrons. The molecule has 0 aliphatic heterocycles. The number of rotatable bonds is 8. The maximum atomic E-state index is 10.7. The average Bonchev–Trinajstić information content (AvgIpc) is 3.20. The van der Waals surface area contributed by atoms with Gasteiger partial charge in [-0.1, -0.05) is 0 Å². The minimum atomic E-state index is -0.406. The monoisotopic (exact) mass is 371 g/mol. The molecule has 3 rings (SSSR count). The summed E-state index contributed by atoms with van der Waals surface area (Å²) in [5, 5.41) is 10.7. The molecule has 0 atom stereocenters. The quantitative estimate of drug-likeness (QED) is 0.277. The number of thioether (sulfide) groups is 1. The minimum Gasteiger partial charge on any atom is -0.497 e. The zero-order chi connectivity index (χ0) is 18.4. The summed E-state index contributed by atoms with van der Waals surface area (Å²) in [5.74, 6) is 2.82. The SMILES string of the molecule is COc1ccc(-c2ncc[nH]2)c(OCCSc2ccc([N+](=O)[O-])cc2)c1. The summed E-state index contributed by atoms with van der Waals surface area (Å²) in [5.41, 5.74) is 0.946. The Morgan fingerprint density at radius 1 is 1.23 bits per heavy atom. The summed E-state index contributed by atoms with van der Waals surface area (Å²) in [6.45, 7) is 0.475. The second kappa shape index (κ2) is 8.39. The molecule has 0 saturated heterocycles. The topological polar surface area (TPSA) is 90.3 Å². The van der Waals surface area contributed by atoms with Crippen molar-refractivity contribution in [2.24, 2.45) is 0 Å². The van der Waals surface area contributed by atoms with E-state index in [1.54, 1.807) is 43.4 Å². The van der Waals surface area contributed by atoms with E-state index in [4.69, 9.17) is 9.47 Å². The van der Waals surface area contributed by atoms with Crippen LogP contribution in [0, 0.1) is 10.1 Å². The molecule has 1 heterocycles. The van der Waals surface area contributed by atoms with E-state index in [0.717, 1.165) is 16.3 Å². The highest BCUT2D eigenvalue weighted by Crippen LogP contribution is 2.32. The van der Waals surface area contributed by atoms with Gasteiger partial charge in [-0.2, -0.15) is 0 Å². The van der Waals surface area contributed by atoms with Gasteiger partial charge in [-0.15, -0.1) is 11.8 Å². The van der Waals surface area contributed by atoms with Crippen molar-refractivity contribution in [1.82, 2.24) is 9.97 Å². The van der Waals surface area contributed by atoms with Crippen molar-refractivity contribution >= 4 is 17.4 Å². The van der Waals surface area contributed by atoms with E-state index in [9.17, 15) is 10.1 Å². The van der Waals surface area contributed by atoms with Gasteiger partial charge in [0.1, 0.15) is 17.3 Å². The summed E-state index contributed by atoms with van der Waals surface area (Å²) in [7, 11) is 1.61. The van der Waals surface area contributed by atoms with Gasteiger partial charge in [0.05, 0.1) is 24.2 Å². The number of nitro groups is 1. The predicted octanol–water partition coefficient (Wildman–Crippen LogP) is 4.16. The van der Waals surface area contributed by atoms with Crippen LogP contribution in [-0.2, 0) is 0 Å². The van der Waals surface area contributed by atoms with Crippen LogP contribution in [0.2, 0.25) is 0 Å². The van der Waals surface area contributed by atoms with E-state index in [1.165, 1.54) is 12.1 Å². The van der Waals surface area contributed by atoms with Gasteiger partial charge in [0.15, 0.2) is 0 Å². The van der Waals surface area contributed by atoms with Crippen LogP contribution in [0.25, 0.3) is 11.4 Å². The summed E-state index contributed by atoms with van der Waals surface area (Å²) in [6, 6.07) is 12.1. The number of hydrogen-bond acceptors (Lipinski definition) is 6. The Balaban J connectivity index is 1.61. The van der Waals surface area contributed by atoms with Crippen molar-refractivity contribution in [2.45, 2.75) is 4.90 Å². The largest absolute Gasteiger partial charge is 0.497 e. The van der Waals surface area contributed by atoms with Crippen molar-refractivity contribution in [3.05, 3.63) is 65.0 Å². The Labute approximate surface area is 154 Å². The molecule has 1 N–H and O–H groups in total. The van der Waals surface area contributed by atoms with Gasteiger partial charge in [0, 0.05) is 41.2 Å². The number of H-pyrrole nitrogens is 1. The van der Waals surface area contributed by atoms with Crippen LogP contribution >= 0.6 is 11.8 Å². The van der Waals surface area contributed by atoms with Crippen LogP contribution < -0.4 is 9.47 Å². The minimum absolute atomic E-state index is 0.0880. The molecule has 3 aromatic rings. The lowest BCUT2D eigenvalue weighted by molar-refractivity contribution is -0.384. The summed E-state index contributed by atoms with van der Waals surface area (Å²) in [4.78, 5) is 18.6. The first kappa shape index (κ1) is 17.8. The zero-order valence-corrected chi connectivity index (χ0v) is 14.9. The number of nitro benzene ring substituents is 1. The number of imidazole rings is 1. The van der Waals surface area contributed by atoms with Gasteiger partial charge in [-0.3, -0.25) is 10.1 Å². The second-order valence-electron chi connectivity index (χ2n) is 5.25. The molecular weight excluding hydrogens is 354 g/mol. The van der Waals surface area contributed by atoms with Gasteiger partial charge < -0.3 is 14.5 Å². The molecule has 2 aromatic carbocycles. The Morgan fingerprint density at radius 2 is 2.04 bits per heavy atom. The maximum absolute atomic E-state index is 10.7. The molecule has 1 aromatic heterocycles. The number of benzene rings is 2. The summed E-state index contributed by atoms with van der Waals surface area (Å²) >= 11 is 1.57. The smallest absolute Gasteiger partial charge is 0.269 e. The number of non-ortho nitro benzene ring substituents is 1. The first-order chi connectivity index (χ1) is 12.7. The molecule has 0 aliphatic carbocycles. The van der Waals surface area contributed by atoms with Crippen molar-refractivity contribution < 1.29 is 14.4 Å². The van der Waals surface area contributed by atoms with E-state index in [1.807, 2.05) is 18.2 Å². The molecule has 0 amide bonds. The van der Waals surface area contributed by atoms with Gasteiger partial charge >= 0.3 is 0 Å².